The average molecular weight is 339 g/mol. The van der Waals surface area contributed by atoms with Crippen LogP contribution in [-0.4, -0.2) is 39.7 Å². The maximum absolute atomic E-state index is 5.67. The third kappa shape index (κ3) is 4.12. The van der Waals surface area contributed by atoms with Crippen molar-refractivity contribution in [2.24, 2.45) is 0 Å². The van der Waals surface area contributed by atoms with Crippen molar-refractivity contribution < 1.29 is 9.47 Å². The van der Waals surface area contributed by atoms with Gasteiger partial charge in [0.25, 0.3) is 0 Å². The number of aromatic nitrogens is 4. The second-order valence-corrected chi connectivity index (χ2v) is 5.27. The van der Waals surface area contributed by atoms with E-state index in [0.29, 0.717) is 36.7 Å². The Bertz CT molecular complexity index is 835. The van der Waals surface area contributed by atoms with E-state index in [0.717, 1.165) is 23.5 Å². The second-order valence-electron chi connectivity index (χ2n) is 5.27. The first-order valence-corrected chi connectivity index (χ1v) is 8.36. The Labute approximate surface area is 146 Å². The summed E-state index contributed by atoms with van der Waals surface area (Å²) in [7, 11) is 0. The molecule has 130 valence electrons. The second kappa shape index (κ2) is 8.23. The van der Waals surface area contributed by atoms with Gasteiger partial charge in [-0.3, -0.25) is 0 Å². The molecule has 1 N–H and O–H groups in total. The van der Waals surface area contributed by atoms with Gasteiger partial charge in [-0.05, 0) is 38.0 Å². The molecule has 0 aliphatic rings. The molecule has 2 aromatic heterocycles. The van der Waals surface area contributed by atoms with Crippen LogP contribution in [0.1, 0.15) is 19.4 Å². The number of hydrogen-bond acceptors (Lipinski definition) is 7. The van der Waals surface area contributed by atoms with E-state index in [-0.39, 0.29) is 0 Å². The van der Waals surface area contributed by atoms with Gasteiger partial charge in [-0.1, -0.05) is 6.07 Å². The van der Waals surface area contributed by atoms with E-state index in [1.807, 2.05) is 32.0 Å². The van der Waals surface area contributed by atoms with Crippen molar-refractivity contribution in [1.29, 1.82) is 0 Å². The predicted octanol–water partition coefficient (Wildman–Crippen LogP) is 2.87. The van der Waals surface area contributed by atoms with Gasteiger partial charge in [-0.2, -0.15) is 0 Å². The molecule has 3 aromatic rings. The van der Waals surface area contributed by atoms with Crippen LogP contribution in [0.5, 0.6) is 11.5 Å². The van der Waals surface area contributed by atoms with Crippen LogP contribution >= 0.6 is 0 Å². The number of nitrogens with one attached hydrogen (secondary N) is 1. The highest BCUT2D eigenvalue weighted by molar-refractivity contribution is 5.81. The molecule has 7 nitrogen and oxygen atoms in total. The molecule has 0 spiro atoms. The number of benzene rings is 1. The first-order chi connectivity index (χ1) is 12.3. The molecule has 0 bridgehead atoms. The van der Waals surface area contributed by atoms with Gasteiger partial charge in [0.1, 0.15) is 11.8 Å². The fourth-order valence-corrected chi connectivity index (χ4v) is 2.50. The molecule has 0 saturated heterocycles. The molecule has 0 unspecified atom stereocenters. The molecule has 0 amide bonds. The highest BCUT2D eigenvalue weighted by atomic mass is 16.5. The van der Waals surface area contributed by atoms with Crippen LogP contribution in [-0.2, 0) is 6.42 Å². The Morgan fingerprint density at radius 1 is 0.920 bits per heavy atom. The third-order valence-electron chi connectivity index (χ3n) is 3.58. The molecule has 0 aliphatic carbocycles. The minimum absolute atomic E-state index is 0.583. The summed E-state index contributed by atoms with van der Waals surface area (Å²) in [6.45, 7) is 5.85. The summed E-state index contributed by atoms with van der Waals surface area (Å²) in [5, 5.41) is 3.30. The first-order valence-electron chi connectivity index (χ1n) is 8.36. The van der Waals surface area contributed by atoms with Crippen molar-refractivity contribution in [3.8, 4) is 11.5 Å². The van der Waals surface area contributed by atoms with Gasteiger partial charge < -0.3 is 14.8 Å². The van der Waals surface area contributed by atoms with Crippen molar-refractivity contribution in [3.63, 3.8) is 0 Å². The Morgan fingerprint density at radius 2 is 1.72 bits per heavy atom. The van der Waals surface area contributed by atoms with E-state index in [4.69, 9.17) is 9.47 Å². The molecule has 0 saturated carbocycles. The van der Waals surface area contributed by atoms with Gasteiger partial charge in [0.2, 0.25) is 0 Å². The number of hydrogen-bond donors (Lipinski definition) is 1. The topological polar surface area (TPSA) is 82.0 Å². The average Bonchev–Trinajstić information content (AvgIpc) is 2.64. The molecule has 25 heavy (non-hydrogen) atoms. The highest BCUT2D eigenvalue weighted by Gasteiger charge is 2.08. The van der Waals surface area contributed by atoms with Crippen LogP contribution in [0.2, 0.25) is 0 Å². The molecule has 0 aliphatic heterocycles. The number of rotatable bonds is 8. The van der Waals surface area contributed by atoms with Crippen molar-refractivity contribution in [2.75, 3.05) is 25.1 Å². The largest absolute Gasteiger partial charge is 0.490 e. The number of fused-ring (bicyclic) bond motifs is 1. The van der Waals surface area contributed by atoms with Crippen molar-refractivity contribution >= 4 is 17.0 Å². The molecule has 3 rings (SSSR count). The number of anilines is 1. The Kier molecular flexibility index (Phi) is 5.56. The molecule has 0 atom stereocenters. The quantitative estimate of drug-likeness (QED) is 0.675. The van der Waals surface area contributed by atoms with E-state index >= 15 is 0 Å². The van der Waals surface area contributed by atoms with Gasteiger partial charge in [-0.25, -0.2) is 19.9 Å². The van der Waals surface area contributed by atoms with E-state index in [1.165, 1.54) is 6.33 Å². The number of ether oxygens (including phenoxy) is 2. The zero-order valence-electron chi connectivity index (χ0n) is 14.4. The molecule has 1 aromatic carbocycles. The summed E-state index contributed by atoms with van der Waals surface area (Å²) in [5.41, 5.74) is 2.41. The summed E-state index contributed by atoms with van der Waals surface area (Å²) in [5.74, 6) is 2.24. The van der Waals surface area contributed by atoms with Crippen LogP contribution in [0.25, 0.3) is 11.2 Å². The minimum Gasteiger partial charge on any atom is -0.490 e. The molecule has 0 fully saturated rings. The predicted molar refractivity (Wildman–Crippen MR) is 96.1 cm³/mol. The SMILES string of the molecule is CCOc1ccc(CCNc2ncnc3nccnc23)cc1OCC. The first kappa shape index (κ1) is 16.9. The van der Waals surface area contributed by atoms with E-state index in [9.17, 15) is 0 Å². The maximum Gasteiger partial charge on any atom is 0.183 e. The van der Waals surface area contributed by atoms with Gasteiger partial charge in [0.15, 0.2) is 23.0 Å². The van der Waals surface area contributed by atoms with Crippen LogP contribution in [0.15, 0.2) is 36.9 Å². The monoisotopic (exact) mass is 339 g/mol. The molecule has 2 heterocycles. The maximum atomic E-state index is 5.67. The van der Waals surface area contributed by atoms with E-state index in [1.54, 1.807) is 12.4 Å². The summed E-state index contributed by atoms with van der Waals surface area (Å²) < 4.78 is 11.3. The zero-order valence-corrected chi connectivity index (χ0v) is 14.4. The third-order valence-corrected chi connectivity index (χ3v) is 3.58. The lowest BCUT2D eigenvalue weighted by molar-refractivity contribution is 0.287. The summed E-state index contributed by atoms with van der Waals surface area (Å²) in [4.78, 5) is 16.8. The zero-order chi connectivity index (χ0) is 17.5. The lowest BCUT2D eigenvalue weighted by atomic mass is 10.1. The molecular weight excluding hydrogens is 318 g/mol. The fourth-order valence-electron chi connectivity index (χ4n) is 2.50. The Hall–Kier alpha value is -2.96. The minimum atomic E-state index is 0.583. The summed E-state index contributed by atoms with van der Waals surface area (Å²) >= 11 is 0. The fraction of sp³-hybridized carbons (Fsp3) is 0.333. The summed E-state index contributed by atoms with van der Waals surface area (Å²) in [6, 6.07) is 6.02. The van der Waals surface area contributed by atoms with Gasteiger partial charge in [0, 0.05) is 18.9 Å². The van der Waals surface area contributed by atoms with Crippen LogP contribution < -0.4 is 14.8 Å². The Morgan fingerprint density at radius 3 is 2.56 bits per heavy atom. The van der Waals surface area contributed by atoms with E-state index in [2.05, 4.69) is 25.3 Å². The normalized spacial score (nSPS) is 10.6. The molecular formula is C18H21N5O2. The van der Waals surface area contributed by atoms with Crippen molar-refractivity contribution in [2.45, 2.75) is 20.3 Å². The number of nitrogens with zero attached hydrogens (tertiary/aromatic N) is 4. The molecule has 7 heteroatoms. The van der Waals surface area contributed by atoms with Crippen molar-refractivity contribution in [1.82, 2.24) is 19.9 Å². The van der Waals surface area contributed by atoms with Gasteiger partial charge in [0.05, 0.1) is 13.2 Å². The standard InChI is InChI=1S/C18H21N5O2/c1-3-24-14-6-5-13(11-15(14)25-4-2)7-8-20-17-16-18(23-12-22-17)21-10-9-19-16/h5-6,9-12H,3-4,7-8H2,1-2H3,(H,20,21,22,23). The lowest BCUT2D eigenvalue weighted by Gasteiger charge is -2.13. The smallest absolute Gasteiger partial charge is 0.183 e. The van der Waals surface area contributed by atoms with Crippen LogP contribution in [0.3, 0.4) is 0 Å². The van der Waals surface area contributed by atoms with E-state index < -0.39 is 0 Å². The van der Waals surface area contributed by atoms with Crippen molar-refractivity contribution in [3.05, 3.63) is 42.5 Å². The van der Waals surface area contributed by atoms with Crippen LogP contribution in [0, 0.1) is 0 Å². The molecule has 0 radical (unpaired) electrons. The van der Waals surface area contributed by atoms with Gasteiger partial charge >= 0.3 is 0 Å². The Balaban J connectivity index is 1.68. The van der Waals surface area contributed by atoms with Gasteiger partial charge in [-0.15, -0.1) is 0 Å². The highest BCUT2D eigenvalue weighted by Crippen LogP contribution is 2.28. The summed E-state index contributed by atoms with van der Waals surface area (Å²) in [6.07, 6.45) is 5.56. The van der Waals surface area contributed by atoms with Crippen LogP contribution in [0.4, 0.5) is 5.82 Å². The lowest BCUT2D eigenvalue weighted by Crippen LogP contribution is -2.08.